The minimum absolute atomic E-state index is 0.0584. The highest BCUT2D eigenvalue weighted by Gasteiger charge is 2.44. The molecule has 2 aliphatic rings. The van der Waals surface area contributed by atoms with Gasteiger partial charge in [0, 0.05) is 25.9 Å². The normalized spacial score (nSPS) is 27.4. The van der Waals surface area contributed by atoms with E-state index in [2.05, 4.69) is 5.10 Å². The minimum Gasteiger partial charge on any atom is -0.377 e. The average Bonchev–Trinajstić information content (AvgIpc) is 2.82. The molecule has 3 rings (SSSR count). The van der Waals surface area contributed by atoms with E-state index in [0.717, 1.165) is 12.8 Å². The average molecular weight is 337 g/mol. The van der Waals surface area contributed by atoms with Crippen LogP contribution in [0, 0.1) is 0 Å². The van der Waals surface area contributed by atoms with Gasteiger partial charge in [0.2, 0.25) is 5.91 Å². The number of amides is 1. The van der Waals surface area contributed by atoms with Crippen LogP contribution in [0.3, 0.4) is 0 Å². The molecule has 0 saturated carbocycles. The van der Waals surface area contributed by atoms with Crippen molar-refractivity contribution in [1.29, 1.82) is 0 Å². The first-order valence-corrected chi connectivity index (χ1v) is 8.16. The zero-order valence-corrected chi connectivity index (χ0v) is 13.8. The third-order valence-corrected chi connectivity index (χ3v) is 4.47. The van der Waals surface area contributed by atoms with E-state index in [1.807, 2.05) is 0 Å². The molecule has 2 fully saturated rings. The van der Waals surface area contributed by atoms with Gasteiger partial charge < -0.3 is 19.1 Å². The molecule has 0 aliphatic carbocycles. The highest BCUT2D eigenvalue weighted by molar-refractivity contribution is 5.77. The number of carbonyl (C=O) groups excluding carboxylic acids is 1. The van der Waals surface area contributed by atoms with Crippen molar-refractivity contribution in [1.82, 2.24) is 14.7 Å². The molecule has 1 amide bonds. The van der Waals surface area contributed by atoms with E-state index in [9.17, 15) is 9.59 Å². The second kappa shape index (κ2) is 7.42. The van der Waals surface area contributed by atoms with Crippen molar-refractivity contribution in [3.05, 3.63) is 28.7 Å². The first-order valence-electron chi connectivity index (χ1n) is 8.16. The number of rotatable bonds is 4. The molecule has 0 bridgehead atoms. The molecular weight excluding hydrogens is 314 g/mol. The van der Waals surface area contributed by atoms with Crippen LogP contribution in [0.1, 0.15) is 12.8 Å². The van der Waals surface area contributed by atoms with Crippen LogP contribution < -0.4 is 5.56 Å². The Morgan fingerprint density at radius 1 is 1.54 bits per heavy atom. The zero-order valence-electron chi connectivity index (χ0n) is 13.8. The molecule has 3 heterocycles. The van der Waals surface area contributed by atoms with Gasteiger partial charge in [0.05, 0.1) is 32.4 Å². The van der Waals surface area contributed by atoms with Gasteiger partial charge >= 0.3 is 0 Å². The third-order valence-electron chi connectivity index (χ3n) is 4.47. The Balaban J connectivity index is 1.66. The van der Waals surface area contributed by atoms with Gasteiger partial charge in [0.25, 0.3) is 5.56 Å². The molecule has 24 heavy (non-hydrogen) atoms. The first-order chi connectivity index (χ1) is 11.6. The van der Waals surface area contributed by atoms with Crippen molar-refractivity contribution in [2.75, 3.05) is 40.0 Å². The van der Waals surface area contributed by atoms with Crippen molar-refractivity contribution in [2.24, 2.45) is 0 Å². The lowest BCUT2D eigenvalue weighted by Crippen LogP contribution is -2.47. The lowest BCUT2D eigenvalue weighted by molar-refractivity contribution is -0.140. The molecule has 2 aliphatic heterocycles. The van der Waals surface area contributed by atoms with Gasteiger partial charge in [0.15, 0.2) is 0 Å². The van der Waals surface area contributed by atoms with Crippen LogP contribution in [0.4, 0.5) is 0 Å². The van der Waals surface area contributed by atoms with Gasteiger partial charge in [-0.05, 0) is 18.9 Å². The Morgan fingerprint density at radius 2 is 2.42 bits per heavy atom. The van der Waals surface area contributed by atoms with E-state index in [-0.39, 0.29) is 24.2 Å². The van der Waals surface area contributed by atoms with Crippen LogP contribution in [0.25, 0.3) is 0 Å². The Morgan fingerprint density at radius 3 is 3.21 bits per heavy atom. The monoisotopic (exact) mass is 337 g/mol. The van der Waals surface area contributed by atoms with Gasteiger partial charge in [0.1, 0.15) is 12.2 Å². The Bertz CT molecular complexity index is 634. The zero-order chi connectivity index (χ0) is 17.0. The fourth-order valence-electron chi connectivity index (χ4n) is 3.30. The van der Waals surface area contributed by atoms with Crippen LogP contribution in [-0.2, 0) is 25.5 Å². The van der Waals surface area contributed by atoms with E-state index >= 15 is 0 Å². The van der Waals surface area contributed by atoms with E-state index in [1.165, 1.54) is 17.9 Å². The molecule has 1 spiro atoms. The Kier molecular flexibility index (Phi) is 5.27. The van der Waals surface area contributed by atoms with Crippen LogP contribution in [0.15, 0.2) is 23.1 Å². The SMILES string of the molecule is COCC(=O)N1CCOC[C@@]2(CC[C@@H](Cn3ncccc3=O)O2)C1. The summed E-state index contributed by atoms with van der Waals surface area (Å²) in [7, 11) is 1.51. The van der Waals surface area contributed by atoms with Gasteiger partial charge in [-0.25, -0.2) is 4.68 Å². The predicted molar refractivity (Wildman–Crippen MR) is 84.6 cm³/mol. The van der Waals surface area contributed by atoms with Crippen LogP contribution in [0.2, 0.25) is 0 Å². The summed E-state index contributed by atoms with van der Waals surface area (Å²) in [6, 6.07) is 3.10. The smallest absolute Gasteiger partial charge is 0.266 e. The molecule has 1 aromatic heterocycles. The van der Waals surface area contributed by atoms with Crippen molar-refractivity contribution >= 4 is 5.91 Å². The summed E-state index contributed by atoms with van der Waals surface area (Å²) in [5.74, 6) is -0.0598. The molecular formula is C16H23N3O5. The van der Waals surface area contributed by atoms with E-state index in [0.29, 0.717) is 32.8 Å². The van der Waals surface area contributed by atoms with Gasteiger partial charge in [-0.1, -0.05) is 0 Å². The molecule has 0 aromatic carbocycles. The number of methoxy groups -OCH3 is 1. The second-order valence-electron chi connectivity index (χ2n) is 6.31. The standard InChI is InChI=1S/C16H23N3O5/c1-22-10-15(21)18-7-8-23-12-16(11-18)5-4-13(24-16)9-19-14(20)3-2-6-17-19/h2-3,6,13H,4-5,7-12H2,1H3/t13-,16+/m0/s1. The fraction of sp³-hybridized carbons (Fsp3) is 0.688. The molecule has 0 unspecified atom stereocenters. The number of hydrogen-bond acceptors (Lipinski definition) is 6. The fourth-order valence-corrected chi connectivity index (χ4v) is 3.30. The van der Waals surface area contributed by atoms with Crippen molar-refractivity contribution < 1.29 is 19.0 Å². The highest BCUT2D eigenvalue weighted by atomic mass is 16.6. The lowest BCUT2D eigenvalue weighted by Gasteiger charge is -2.31. The summed E-state index contributed by atoms with van der Waals surface area (Å²) in [6.45, 7) is 2.44. The molecule has 2 saturated heterocycles. The highest BCUT2D eigenvalue weighted by Crippen LogP contribution is 2.33. The topological polar surface area (TPSA) is 82.9 Å². The maximum absolute atomic E-state index is 12.1. The second-order valence-corrected chi connectivity index (χ2v) is 6.31. The van der Waals surface area contributed by atoms with Crippen LogP contribution in [0.5, 0.6) is 0 Å². The lowest BCUT2D eigenvalue weighted by atomic mass is 10.00. The number of carbonyl (C=O) groups is 1. The molecule has 8 nitrogen and oxygen atoms in total. The maximum Gasteiger partial charge on any atom is 0.266 e. The minimum atomic E-state index is -0.511. The summed E-state index contributed by atoms with van der Waals surface area (Å²) >= 11 is 0. The summed E-state index contributed by atoms with van der Waals surface area (Å²) in [6.07, 6.45) is 3.07. The number of ether oxygens (including phenoxy) is 3. The number of nitrogens with zero attached hydrogens (tertiary/aromatic N) is 3. The Labute approximate surface area is 140 Å². The van der Waals surface area contributed by atoms with Crippen molar-refractivity contribution in [3.8, 4) is 0 Å². The summed E-state index contributed by atoms with van der Waals surface area (Å²) in [4.78, 5) is 25.7. The maximum atomic E-state index is 12.1. The van der Waals surface area contributed by atoms with E-state index < -0.39 is 5.60 Å². The molecule has 0 N–H and O–H groups in total. The van der Waals surface area contributed by atoms with E-state index in [4.69, 9.17) is 14.2 Å². The molecule has 2 atom stereocenters. The summed E-state index contributed by atoms with van der Waals surface area (Å²) in [5.41, 5.74) is -0.653. The predicted octanol–water partition coefficient (Wildman–Crippen LogP) is -0.334. The van der Waals surface area contributed by atoms with Gasteiger partial charge in [-0.3, -0.25) is 9.59 Å². The summed E-state index contributed by atoms with van der Waals surface area (Å²) in [5, 5.41) is 4.07. The molecule has 132 valence electrons. The molecule has 8 heteroatoms. The van der Waals surface area contributed by atoms with Crippen LogP contribution >= 0.6 is 0 Å². The van der Waals surface area contributed by atoms with Gasteiger partial charge in [-0.15, -0.1) is 0 Å². The molecule has 0 radical (unpaired) electrons. The number of aromatic nitrogens is 2. The largest absolute Gasteiger partial charge is 0.377 e. The van der Waals surface area contributed by atoms with Crippen molar-refractivity contribution in [2.45, 2.75) is 31.1 Å². The molecule has 1 aromatic rings. The Hall–Kier alpha value is -1.77. The van der Waals surface area contributed by atoms with Gasteiger partial charge in [-0.2, -0.15) is 5.10 Å². The van der Waals surface area contributed by atoms with Crippen molar-refractivity contribution in [3.63, 3.8) is 0 Å². The van der Waals surface area contributed by atoms with E-state index in [1.54, 1.807) is 17.2 Å². The quantitative estimate of drug-likeness (QED) is 0.748. The summed E-state index contributed by atoms with van der Waals surface area (Å²) < 4.78 is 18.3. The third kappa shape index (κ3) is 3.82. The first kappa shape index (κ1) is 17.1. The number of hydrogen-bond donors (Lipinski definition) is 0. The van der Waals surface area contributed by atoms with Crippen LogP contribution in [-0.4, -0.2) is 72.3 Å².